The molecule has 1 aromatic carbocycles. The van der Waals surface area contributed by atoms with Crippen LogP contribution in [0, 0.1) is 0 Å². The third-order valence-electron chi connectivity index (χ3n) is 3.95. The van der Waals surface area contributed by atoms with Gasteiger partial charge < -0.3 is 5.32 Å². The average molecular weight is 356 g/mol. The van der Waals surface area contributed by atoms with Crippen molar-refractivity contribution >= 4 is 33.7 Å². The highest BCUT2D eigenvalue weighted by molar-refractivity contribution is 7.15. The number of fused-ring (bicyclic) bond motifs is 1. The van der Waals surface area contributed by atoms with Crippen LogP contribution in [0.25, 0.3) is 0 Å². The summed E-state index contributed by atoms with van der Waals surface area (Å²) in [5.41, 5.74) is 3.19. The monoisotopic (exact) mass is 356 g/mol. The van der Waals surface area contributed by atoms with Crippen molar-refractivity contribution in [3.05, 3.63) is 62.3 Å². The van der Waals surface area contributed by atoms with Crippen LogP contribution in [-0.2, 0) is 19.4 Å². The molecule has 0 fully saturated rings. The van der Waals surface area contributed by atoms with Crippen LogP contribution in [0.1, 0.15) is 31.4 Å². The zero-order valence-corrected chi connectivity index (χ0v) is 14.5. The van der Waals surface area contributed by atoms with Crippen molar-refractivity contribution in [2.45, 2.75) is 19.4 Å². The zero-order chi connectivity index (χ0) is 16.4. The van der Waals surface area contributed by atoms with E-state index < -0.39 is 0 Å². The van der Waals surface area contributed by atoms with Crippen LogP contribution in [0.15, 0.2) is 35.7 Å². The summed E-state index contributed by atoms with van der Waals surface area (Å²) in [6.45, 7) is 1.83. The minimum Gasteiger partial charge on any atom is -0.312 e. The van der Waals surface area contributed by atoms with Gasteiger partial charge in [0.2, 0.25) is 5.13 Å². The smallest absolute Gasteiger partial charge is 0.257 e. The van der Waals surface area contributed by atoms with Crippen LogP contribution < -0.4 is 10.6 Å². The first-order valence-electron chi connectivity index (χ1n) is 7.76. The molecule has 3 heterocycles. The van der Waals surface area contributed by atoms with Crippen LogP contribution in [0.5, 0.6) is 0 Å². The maximum Gasteiger partial charge on any atom is 0.257 e. The normalized spacial score (nSPS) is 13.5. The summed E-state index contributed by atoms with van der Waals surface area (Å²) in [5, 5.41) is 17.9. The van der Waals surface area contributed by atoms with Crippen molar-refractivity contribution in [2.75, 3.05) is 11.9 Å². The Morgan fingerprint density at radius 1 is 1.25 bits per heavy atom. The van der Waals surface area contributed by atoms with Gasteiger partial charge in [-0.25, -0.2) is 0 Å². The first-order chi connectivity index (χ1) is 11.8. The first-order valence-corrected chi connectivity index (χ1v) is 9.46. The quantitative estimate of drug-likeness (QED) is 0.754. The van der Waals surface area contributed by atoms with E-state index in [9.17, 15) is 4.79 Å². The fraction of sp³-hybridized carbons (Fsp3) is 0.235. The van der Waals surface area contributed by atoms with Crippen LogP contribution in [0.2, 0.25) is 0 Å². The maximum atomic E-state index is 12.4. The molecule has 0 radical (unpaired) electrons. The molecular weight excluding hydrogens is 340 g/mol. The van der Waals surface area contributed by atoms with Gasteiger partial charge in [0, 0.05) is 23.4 Å². The molecule has 0 saturated carbocycles. The van der Waals surface area contributed by atoms with E-state index in [1.165, 1.54) is 27.3 Å². The number of aromatic nitrogens is 2. The number of hydrogen-bond acceptors (Lipinski definition) is 6. The molecule has 2 N–H and O–H groups in total. The predicted octanol–water partition coefficient (Wildman–Crippen LogP) is 3.09. The van der Waals surface area contributed by atoms with Crippen molar-refractivity contribution in [1.82, 2.24) is 15.5 Å². The summed E-state index contributed by atoms with van der Waals surface area (Å²) in [4.78, 5) is 13.7. The maximum absolute atomic E-state index is 12.4. The third-order valence-corrected chi connectivity index (χ3v) is 5.66. The summed E-state index contributed by atoms with van der Waals surface area (Å²) in [6, 6.07) is 9.98. The fourth-order valence-electron chi connectivity index (χ4n) is 2.73. The second-order valence-electron chi connectivity index (χ2n) is 5.62. The van der Waals surface area contributed by atoms with E-state index in [0.717, 1.165) is 30.9 Å². The van der Waals surface area contributed by atoms with E-state index in [4.69, 9.17) is 0 Å². The molecule has 5 nitrogen and oxygen atoms in total. The molecule has 3 aromatic rings. The van der Waals surface area contributed by atoms with Crippen molar-refractivity contribution in [3.8, 4) is 0 Å². The van der Waals surface area contributed by atoms with Gasteiger partial charge in [0.15, 0.2) is 0 Å². The highest BCUT2D eigenvalue weighted by atomic mass is 32.1. The lowest BCUT2D eigenvalue weighted by molar-refractivity contribution is 0.102. The molecule has 1 aliphatic heterocycles. The van der Waals surface area contributed by atoms with E-state index in [0.29, 0.717) is 10.7 Å². The summed E-state index contributed by atoms with van der Waals surface area (Å²) in [6.07, 6.45) is 1.72. The molecule has 0 saturated heterocycles. The number of carbonyl (C=O) groups is 1. The Morgan fingerprint density at radius 3 is 3.08 bits per heavy atom. The molecule has 1 amide bonds. The SMILES string of the molecule is O=C(Nc1nnc(Cc2cccs2)s1)c1ccc2c(c1)CCNC2. The molecule has 7 heteroatoms. The van der Waals surface area contributed by atoms with Gasteiger partial charge in [-0.1, -0.05) is 23.5 Å². The van der Waals surface area contributed by atoms with Crippen molar-refractivity contribution < 1.29 is 4.79 Å². The van der Waals surface area contributed by atoms with Gasteiger partial charge in [0.1, 0.15) is 5.01 Å². The summed E-state index contributed by atoms with van der Waals surface area (Å²) in [7, 11) is 0. The van der Waals surface area contributed by atoms with Gasteiger partial charge in [-0.3, -0.25) is 10.1 Å². The third kappa shape index (κ3) is 3.38. The minimum absolute atomic E-state index is 0.129. The van der Waals surface area contributed by atoms with Crippen LogP contribution in [0.4, 0.5) is 5.13 Å². The topological polar surface area (TPSA) is 66.9 Å². The van der Waals surface area contributed by atoms with Crippen molar-refractivity contribution in [3.63, 3.8) is 0 Å². The summed E-state index contributed by atoms with van der Waals surface area (Å²) in [5.74, 6) is -0.129. The lowest BCUT2D eigenvalue weighted by atomic mass is 9.98. The summed E-state index contributed by atoms with van der Waals surface area (Å²) < 4.78 is 0. The molecule has 0 aliphatic carbocycles. The van der Waals surface area contributed by atoms with Gasteiger partial charge in [0.25, 0.3) is 5.91 Å². The molecule has 0 spiro atoms. The van der Waals surface area contributed by atoms with E-state index in [-0.39, 0.29) is 5.91 Å². The number of amides is 1. The Hall–Kier alpha value is -2.09. The Labute approximate surface area is 147 Å². The first kappa shape index (κ1) is 15.4. The molecule has 0 atom stereocenters. The molecule has 0 unspecified atom stereocenters. The highest BCUT2D eigenvalue weighted by Crippen LogP contribution is 2.22. The standard InChI is InChI=1S/C17H16N4OS2/c22-16(12-3-4-13-10-18-6-5-11(13)8-12)19-17-21-20-15(24-17)9-14-2-1-7-23-14/h1-4,7-8,18H,5-6,9-10H2,(H,19,21,22). The number of benzene rings is 1. The van der Waals surface area contributed by atoms with Gasteiger partial charge in [-0.2, -0.15) is 0 Å². The van der Waals surface area contributed by atoms with E-state index in [2.05, 4.69) is 26.9 Å². The lowest BCUT2D eigenvalue weighted by Crippen LogP contribution is -2.24. The molecular formula is C17H16N4OS2. The van der Waals surface area contributed by atoms with Gasteiger partial charge in [-0.05, 0) is 47.7 Å². The van der Waals surface area contributed by atoms with Crippen molar-refractivity contribution in [1.29, 1.82) is 0 Å². The molecule has 4 rings (SSSR count). The fourth-order valence-corrected chi connectivity index (χ4v) is 4.28. The number of anilines is 1. The zero-order valence-electron chi connectivity index (χ0n) is 12.9. The molecule has 0 bridgehead atoms. The molecule has 2 aromatic heterocycles. The second kappa shape index (κ2) is 6.80. The van der Waals surface area contributed by atoms with Crippen molar-refractivity contribution in [2.24, 2.45) is 0 Å². The number of carbonyl (C=O) groups excluding carboxylic acids is 1. The largest absolute Gasteiger partial charge is 0.312 e. The van der Waals surface area contributed by atoms with E-state index in [1.54, 1.807) is 11.3 Å². The number of hydrogen-bond donors (Lipinski definition) is 2. The van der Waals surface area contributed by atoms with Gasteiger partial charge in [0.05, 0.1) is 0 Å². The molecule has 122 valence electrons. The van der Waals surface area contributed by atoms with Gasteiger partial charge in [-0.15, -0.1) is 21.5 Å². The Balaban J connectivity index is 1.45. The molecule has 1 aliphatic rings. The highest BCUT2D eigenvalue weighted by Gasteiger charge is 2.14. The predicted molar refractivity (Wildman–Crippen MR) is 96.8 cm³/mol. The number of nitrogens with zero attached hydrogens (tertiary/aromatic N) is 2. The second-order valence-corrected chi connectivity index (χ2v) is 7.72. The van der Waals surface area contributed by atoms with Crippen LogP contribution in [0.3, 0.4) is 0 Å². The number of nitrogens with one attached hydrogen (secondary N) is 2. The van der Waals surface area contributed by atoms with Crippen LogP contribution >= 0.6 is 22.7 Å². The Bertz CT molecular complexity index is 857. The minimum atomic E-state index is -0.129. The lowest BCUT2D eigenvalue weighted by Gasteiger charge is -2.17. The van der Waals surface area contributed by atoms with E-state index in [1.807, 2.05) is 29.6 Å². The van der Waals surface area contributed by atoms with E-state index >= 15 is 0 Å². The number of thiophene rings is 1. The molecule has 24 heavy (non-hydrogen) atoms. The summed E-state index contributed by atoms with van der Waals surface area (Å²) >= 11 is 3.12. The number of rotatable bonds is 4. The van der Waals surface area contributed by atoms with Crippen LogP contribution in [-0.4, -0.2) is 22.6 Å². The Morgan fingerprint density at radius 2 is 2.21 bits per heavy atom. The Kier molecular flexibility index (Phi) is 4.38. The average Bonchev–Trinajstić information content (AvgIpc) is 3.27. The van der Waals surface area contributed by atoms with Gasteiger partial charge >= 0.3 is 0 Å².